The third-order valence-corrected chi connectivity index (χ3v) is 2.66. The lowest BCUT2D eigenvalue weighted by Gasteiger charge is -2.20. The molecule has 0 spiro atoms. The van der Waals surface area contributed by atoms with Gasteiger partial charge in [0, 0.05) is 0 Å². The molecule has 0 aliphatic carbocycles. The van der Waals surface area contributed by atoms with Gasteiger partial charge in [-0.05, 0) is 5.56 Å². The van der Waals surface area contributed by atoms with Crippen LogP contribution in [-0.4, -0.2) is 36.4 Å². The van der Waals surface area contributed by atoms with E-state index in [0.717, 1.165) is 11.8 Å². The van der Waals surface area contributed by atoms with Gasteiger partial charge in [0.15, 0.2) is 0 Å². The molecule has 0 aromatic heterocycles. The molecule has 6 heteroatoms. The van der Waals surface area contributed by atoms with Crippen LogP contribution in [0.4, 0.5) is 0 Å². The predicted molar refractivity (Wildman–Crippen MR) is 65.8 cm³/mol. The Bertz CT molecular complexity index is 440. The zero-order valence-electron chi connectivity index (χ0n) is 10.3. The highest BCUT2D eigenvalue weighted by Gasteiger charge is 2.38. The smallest absolute Gasteiger partial charge is 0.312 e. The summed E-state index contributed by atoms with van der Waals surface area (Å²) in [6, 6.07) is 9.35. The van der Waals surface area contributed by atoms with Crippen molar-refractivity contribution in [2.24, 2.45) is 5.16 Å². The van der Waals surface area contributed by atoms with Gasteiger partial charge in [0.05, 0.1) is 13.2 Å². The number of nitrogens with zero attached hydrogens (tertiary/aromatic N) is 1. The molecule has 0 atom stereocenters. The Morgan fingerprint density at radius 1 is 1.37 bits per heavy atom. The quantitative estimate of drug-likeness (QED) is 0.376. The lowest BCUT2D eigenvalue weighted by molar-refractivity contribution is -0.160. The second-order valence-corrected chi connectivity index (χ2v) is 4.08. The molecule has 1 saturated heterocycles. The first-order valence-corrected chi connectivity index (χ1v) is 5.90. The molecule has 0 bridgehead atoms. The molecule has 1 aliphatic heterocycles. The van der Waals surface area contributed by atoms with E-state index in [2.05, 4.69) is 5.16 Å². The molecule has 1 aromatic carbocycles. The highest BCUT2D eigenvalue weighted by molar-refractivity contribution is 5.78. The van der Waals surface area contributed by atoms with Crippen LogP contribution in [0.25, 0.3) is 0 Å². The first-order chi connectivity index (χ1) is 9.24. The number of hydrogen-bond donors (Lipinski definition) is 1. The van der Waals surface area contributed by atoms with Crippen LogP contribution in [0, 0.1) is 0 Å². The van der Waals surface area contributed by atoms with Gasteiger partial charge in [-0.25, -0.2) is 0 Å². The number of benzene rings is 1. The van der Waals surface area contributed by atoms with Crippen LogP contribution in [0.2, 0.25) is 0 Å². The van der Waals surface area contributed by atoms with E-state index in [1.807, 2.05) is 30.3 Å². The molecule has 19 heavy (non-hydrogen) atoms. The van der Waals surface area contributed by atoms with Crippen molar-refractivity contribution >= 4 is 12.2 Å². The number of oxime groups is 1. The minimum absolute atomic E-state index is 0.149. The standard InChI is InChI=1S/C13H15NO5/c15-12(17-9-11-4-2-1-3-5-11)8-13(10-14-16)18-6-7-19-13/h1-5,10,16H,6-9H2. The molecule has 1 aliphatic rings. The van der Waals surface area contributed by atoms with Crippen LogP contribution in [0.3, 0.4) is 0 Å². The summed E-state index contributed by atoms with van der Waals surface area (Å²) in [4.78, 5) is 11.7. The Labute approximate surface area is 110 Å². The van der Waals surface area contributed by atoms with Gasteiger partial charge < -0.3 is 19.4 Å². The van der Waals surface area contributed by atoms with Crippen LogP contribution < -0.4 is 0 Å². The van der Waals surface area contributed by atoms with E-state index in [9.17, 15) is 4.79 Å². The summed E-state index contributed by atoms with van der Waals surface area (Å²) in [6.07, 6.45) is 0.910. The molecule has 1 heterocycles. The van der Waals surface area contributed by atoms with E-state index in [1.165, 1.54) is 0 Å². The number of rotatable bonds is 5. The lowest BCUT2D eigenvalue weighted by Crippen LogP contribution is -2.35. The van der Waals surface area contributed by atoms with Gasteiger partial charge in [-0.2, -0.15) is 0 Å². The van der Waals surface area contributed by atoms with E-state index < -0.39 is 11.8 Å². The van der Waals surface area contributed by atoms with Crippen LogP contribution in [0.15, 0.2) is 35.5 Å². The van der Waals surface area contributed by atoms with Crippen LogP contribution in [0.5, 0.6) is 0 Å². The number of esters is 1. The van der Waals surface area contributed by atoms with Gasteiger partial charge in [0.1, 0.15) is 19.2 Å². The first kappa shape index (κ1) is 13.5. The fraction of sp³-hybridized carbons (Fsp3) is 0.385. The molecule has 0 saturated carbocycles. The highest BCUT2D eigenvalue weighted by atomic mass is 16.7. The predicted octanol–water partition coefficient (Wildman–Crippen LogP) is 1.32. The van der Waals surface area contributed by atoms with Crippen LogP contribution >= 0.6 is 0 Å². The molecule has 2 rings (SSSR count). The summed E-state index contributed by atoms with van der Waals surface area (Å²) in [6.45, 7) is 0.877. The van der Waals surface area contributed by atoms with E-state index in [0.29, 0.717) is 13.2 Å². The van der Waals surface area contributed by atoms with Gasteiger partial charge in [-0.1, -0.05) is 35.5 Å². The van der Waals surface area contributed by atoms with Gasteiger partial charge in [-0.15, -0.1) is 0 Å². The normalized spacial score (nSPS) is 17.7. The summed E-state index contributed by atoms with van der Waals surface area (Å²) in [5.41, 5.74) is 0.897. The highest BCUT2D eigenvalue weighted by Crippen LogP contribution is 2.22. The maximum absolute atomic E-state index is 11.7. The summed E-state index contributed by atoms with van der Waals surface area (Å²) in [5, 5.41) is 11.4. The second kappa shape index (κ2) is 6.31. The number of carbonyl (C=O) groups is 1. The Balaban J connectivity index is 1.86. The van der Waals surface area contributed by atoms with Gasteiger partial charge >= 0.3 is 5.97 Å². The molecule has 1 fully saturated rings. The summed E-state index contributed by atoms with van der Waals surface area (Å²) in [5.74, 6) is -1.78. The minimum Gasteiger partial charge on any atom is -0.461 e. The van der Waals surface area contributed by atoms with Crippen LogP contribution in [-0.2, 0) is 25.6 Å². The average Bonchev–Trinajstić information content (AvgIpc) is 2.86. The minimum atomic E-state index is -1.30. The molecule has 6 nitrogen and oxygen atoms in total. The molecule has 0 radical (unpaired) electrons. The Kier molecular flexibility index (Phi) is 4.48. The fourth-order valence-electron chi connectivity index (χ4n) is 1.77. The number of hydrogen-bond acceptors (Lipinski definition) is 6. The first-order valence-electron chi connectivity index (χ1n) is 5.90. The van der Waals surface area contributed by atoms with Gasteiger partial charge in [-0.3, -0.25) is 4.79 Å². The molecule has 1 aromatic rings. The molecule has 0 amide bonds. The monoisotopic (exact) mass is 265 g/mol. The van der Waals surface area contributed by atoms with Crippen molar-refractivity contribution in [3.8, 4) is 0 Å². The topological polar surface area (TPSA) is 77.4 Å². The molecule has 0 unspecified atom stereocenters. The maximum atomic E-state index is 11.7. The van der Waals surface area contributed by atoms with Crippen molar-refractivity contribution in [2.45, 2.75) is 18.8 Å². The lowest BCUT2D eigenvalue weighted by atomic mass is 10.2. The van der Waals surface area contributed by atoms with Crippen molar-refractivity contribution < 1.29 is 24.2 Å². The van der Waals surface area contributed by atoms with Gasteiger partial charge in [0.2, 0.25) is 5.79 Å². The Morgan fingerprint density at radius 2 is 2.05 bits per heavy atom. The fourth-order valence-corrected chi connectivity index (χ4v) is 1.77. The van der Waals surface area contributed by atoms with E-state index in [-0.39, 0.29) is 13.0 Å². The number of carbonyl (C=O) groups excluding carboxylic acids is 1. The van der Waals surface area contributed by atoms with Crippen molar-refractivity contribution in [3.05, 3.63) is 35.9 Å². The largest absolute Gasteiger partial charge is 0.461 e. The maximum Gasteiger partial charge on any atom is 0.312 e. The Hall–Kier alpha value is -1.92. The summed E-state index contributed by atoms with van der Waals surface area (Å²) in [7, 11) is 0. The summed E-state index contributed by atoms with van der Waals surface area (Å²) >= 11 is 0. The van der Waals surface area contributed by atoms with Gasteiger partial charge in [0.25, 0.3) is 0 Å². The zero-order valence-corrected chi connectivity index (χ0v) is 10.3. The van der Waals surface area contributed by atoms with E-state index in [4.69, 9.17) is 19.4 Å². The van der Waals surface area contributed by atoms with Crippen molar-refractivity contribution in [1.82, 2.24) is 0 Å². The van der Waals surface area contributed by atoms with Crippen molar-refractivity contribution in [1.29, 1.82) is 0 Å². The second-order valence-electron chi connectivity index (χ2n) is 4.08. The third kappa shape index (κ3) is 3.77. The average molecular weight is 265 g/mol. The van der Waals surface area contributed by atoms with E-state index in [1.54, 1.807) is 0 Å². The zero-order chi connectivity index (χ0) is 13.6. The Morgan fingerprint density at radius 3 is 2.68 bits per heavy atom. The summed E-state index contributed by atoms with van der Waals surface area (Å²) < 4.78 is 15.7. The van der Waals surface area contributed by atoms with Crippen molar-refractivity contribution in [2.75, 3.05) is 13.2 Å². The number of ether oxygens (including phenoxy) is 3. The molecule has 1 N–H and O–H groups in total. The SMILES string of the molecule is O=C(CC1(C=NO)OCCO1)OCc1ccccc1. The third-order valence-electron chi connectivity index (χ3n) is 2.66. The molecule has 102 valence electrons. The van der Waals surface area contributed by atoms with Crippen LogP contribution in [0.1, 0.15) is 12.0 Å². The molecular weight excluding hydrogens is 250 g/mol. The van der Waals surface area contributed by atoms with E-state index >= 15 is 0 Å². The molecular formula is C13H15NO5. The van der Waals surface area contributed by atoms with Crippen molar-refractivity contribution in [3.63, 3.8) is 0 Å².